The number of halogens is 2. The van der Waals surface area contributed by atoms with Crippen molar-refractivity contribution in [2.24, 2.45) is 5.73 Å². The third-order valence-corrected chi connectivity index (χ3v) is 3.87. The van der Waals surface area contributed by atoms with E-state index in [-0.39, 0.29) is 11.9 Å². The third kappa shape index (κ3) is 3.62. The van der Waals surface area contributed by atoms with Crippen molar-refractivity contribution in [3.8, 4) is 0 Å². The molecule has 0 bridgehead atoms. The van der Waals surface area contributed by atoms with Crippen LogP contribution in [0, 0.1) is 5.82 Å². The molecule has 1 atom stereocenters. The lowest BCUT2D eigenvalue weighted by molar-refractivity contribution is 0.241. The Morgan fingerprint density at radius 1 is 1.30 bits per heavy atom. The Hall–Kier alpha value is -1.30. The summed E-state index contributed by atoms with van der Waals surface area (Å²) in [6.07, 6.45) is 3.55. The van der Waals surface area contributed by atoms with Crippen LogP contribution in [0.15, 0.2) is 47.2 Å². The molecule has 5 heteroatoms. The van der Waals surface area contributed by atoms with Gasteiger partial charge < -0.3 is 5.73 Å². The maximum Gasteiger partial charge on any atom is 0.137 e. The predicted octanol–water partition coefficient (Wildman–Crippen LogP) is 3.12. The molecule has 0 saturated carbocycles. The fraction of sp³-hybridized carbons (Fsp3) is 0.267. The average Bonchev–Trinajstić information content (AvgIpc) is 2.44. The number of likely N-dealkylation sites (N-methyl/N-ethyl adjacent to an activating group) is 1. The summed E-state index contributed by atoms with van der Waals surface area (Å²) >= 11 is 3.22. The molecule has 3 nitrogen and oxygen atoms in total. The minimum absolute atomic E-state index is 0.0417. The number of rotatable bonds is 5. The van der Waals surface area contributed by atoms with Gasteiger partial charge in [0.1, 0.15) is 5.82 Å². The highest BCUT2D eigenvalue weighted by atomic mass is 79.9. The van der Waals surface area contributed by atoms with Crippen LogP contribution in [0.4, 0.5) is 4.39 Å². The van der Waals surface area contributed by atoms with Gasteiger partial charge in [0, 0.05) is 31.5 Å². The van der Waals surface area contributed by atoms with Gasteiger partial charge in [-0.3, -0.25) is 9.88 Å². The van der Waals surface area contributed by atoms with Crippen molar-refractivity contribution in [1.82, 2.24) is 9.88 Å². The van der Waals surface area contributed by atoms with Gasteiger partial charge in [0.05, 0.1) is 4.47 Å². The van der Waals surface area contributed by atoms with Crippen molar-refractivity contribution in [1.29, 1.82) is 0 Å². The molecular weight excluding hydrogens is 321 g/mol. The zero-order valence-corrected chi connectivity index (χ0v) is 12.8. The van der Waals surface area contributed by atoms with Crippen LogP contribution in [-0.4, -0.2) is 23.5 Å². The minimum atomic E-state index is -0.263. The topological polar surface area (TPSA) is 42.2 Å². The fourth-order valence-corrected chi connectivity index (χ4v) is 2.57. The van der Waals surface area contributed by atoms with Gasteiger partial charge in [-0.15, -0.1) is 0 Å². The Labute approximate surface area is 126 Å². The Bertz CT molecular complexity index is 562. The summed E-state index contributed by atoms with van der Waals surface area (Å²) in [5.74, 6) is -0.263. The molecule has 0 saturated heterocycles. The van der Waals surface area contributed by atoms with E-state index in [9.17, 15) is 4.39 Å². The maximum absolute atomic E-state index is 13.3. The summed E-state index contributed by atoms with van der Waals surface area (Å²) in [4.78, 5) is 6.15. The van der Waals surface area contributed by atoms with Crippen LogP contribution in [0.2, 0.25) is 0 Å². The molecule has 0 radical (unpaired) electrons. The smallest absolute Gasteiger partial charge is 0.137 e. The molecule has 0 aliphatic rings. The van der Waals surface area contributed by atoms with Gasteiger partial charge in [0.25, 0.3) is 0 Å². The molecule has 0 aliphatic heterocycles. The zero-order chi connectivity index (χ0) is 14.5. The van der Waals surface area contributed by atoms with E-state index in [1.807, 2.05) is 19.2 Å². The maximum atomic E-state index is 13.3. The van der Waals surface area contributed by atoms with Gasteiger partial charge in [0.2, 0.25) is 0 Å². The number of nitrogens with two attached hydrogens (primary N) is 1. The molecule has 106 valence electrons. The molecule has 2 N–H and O–H groups in total. The first-order chi connectivity index (χ1) is 9.61. The van der Waals surface area contributed by atoms with Crippen molar-refractivity contribution in [3.63, 3.8) is 0 Å². The summed E-state index contributed by atoms with van der Waals surface area (Å²) in [7, 11) is 2.01. The highest BCUT2D eigenvalue weighted by Gasteiger charge is 2.16. The number of hydrogen-bond donors (Lipinski definition) is 1. The molecular formula is C15H17BrFN3. The lowest BCUT2D eigenvalue weighted by Crippen LogP contribution is -2.30. The van der Waals surface area contributed by atoms with Crippen LogP contribution in [0.1, 0.15) is 17.2 Å². The van der Waals surface area contributed by atoms with Crippen molar-refractivity contribution >= 4 is 15.9 Å². The summed E-state index contributed by atoms with van der Waals surface area (Å²) < 4.78 is 13.8. The SMILES string of the molecule is CN(Cc1ccncc1)C(CN)c1ccc(F)c(Br)c1. The fourth-order valence-electron chi connectivity index (χ4n) is 2.18. The summed E-state index contributed by atoms with van der Waals surface area (Å²) in [6, 6.07) is 9.02. The number of nitrogens with zero attached hydrogens (tertiary/aromatic N) is 2. The number of aromatic nitrogens is 1. The molecule has 0 spiro atoms. The summed E-state index contributed by atoms with van der Waals surface area (Å²) in [6.45, 7) is 1.24. The van der Waals surface area contributed by atoms with Crippen molar-refractivity contribution in [2.75, 3.05) is 13.6 Å². The van der Waals surface area contributed by atoms with Crippen LogP contribution in [0.3, 0.4) is 0 Å². The minimum Gasteiger partial charge on any atom is -0.329 e. The Kier molecular flexibility index (Phi) is 5.23. The predicted molar refractivity (Wildman–Crippen MR) is 81.6 cm³/mol. The average molecular weight is 338 g/mol. The van der Waals surface area contributed by atoms with E-state index in [1.54, 1.807) is 24.5 Å². The van der Waals surface area contributed by atoms with E-state index >= 15 is 0 Å². The molecule has 1 heterocycles. The first-order valence-electron chi connectivity index (χ1n) is 6.36. The van der Waals surface area contributed by atoms with Gasteiger partial charge in [-0.05, 0) is 58.4 Å². The molecule has 20 heavy (non-hydrogen) atoms. The van der Waals surface area contributed by atoms with Crippen LogP contribution in [-0.2, 0) is 6.54 Å². The van der Waals surface area contributed by atoms with Crippen molar-refractivity contribution < 1.29 is 4.39 Å². The molecule has 0 amide bonds. The molecule has 2 rings (SSSR count). The van der Waals surface area contributed by atoms with Gasteiger partial charge in [-0.25, -0.2) is 4.39 Å². The number of benzene rings is 1. The molecule has 1 aromatic carbocycles. The second-order valence-corrected chi connectivity index (χ2v) is 5.55. The lowest BCUT2D eigenvalue weighted by Gasteiger charge is -2.27. The second-order valence-electron chi connectivity index (χ2n) is 4.70. The van der Waals surface area contributed by atoms with Crippen LogP contribution in [0.25, 0.3) is 0 Å². The first-order valence-corrected chi connectivity index (χ1v) is 7.15. The van der Waals surface area contributed by atoms with Gasteiger partial charge in [-0.1, -0.05) is 6.07 Å². The van der Waals surface area contributed by atoms with E-state index in [4.69, 9.17) is 5.73 Å². The molecule has 1 aromatic heterocycles. The normalized spacial score (nSPS) is 12.7. The summed E-state index contributed by atoms with van der Waals surface area (Å²) in [5.41, 5.74) is 8.05. The number of hydrogen-bond acceptors (Lipinski definition) is 3. The lowest BCUT2D eigenvalue weighted by atomic mass is 10.1. The van der Waals surface area contributed by atoms with E-state index < -0.39 is 0 Å². The molecule has 2 aromatic rings. The van der Waals surface area contributed by atoms with Crippen LogP contribution < -0.4 is 5.73 Å². The Morgan fingerprint density at radius 2 is 2.00 bits per heavy atom. The number of pyridine rings is 1. The Morgan fingerprint density at radius 3 is 2.60 bits per heavy atom. The standard InChI is InChI=1S/C15H17BrFN3/c1-20(10-11-4-6-19-7-5-11)15(9-18)12-2-3-14(17)13(16)8-12/h2-8,15H,9-10,18H2,1H3. The Balaban J connectivity index is 2.16. The largest absolute Gasteiger partial charge is 0.329 e. The van der Waals surface area contributed by atoms with Crippen molar-refractivity contribution in [2.45, 2.75) is 12.6 Å². The van der Waals surface area contributed by atoms with Crippen LogP contribution in [0.5, 0.6) is 0 Å². The highest BCUT2D eigenvalue weighted by molar-refractivity contribution is 9.10. The van der Waals surface area contributed by atoms with Crippen molar-refractivity contribution in [3.05, 3.63) is 64.1 Å². The highest BCUT2D eigenvalue weighted by Crippen LogP contribution is 2.25. The van der Waals surface area contributed by atoms with E-state index in [0.717, 1.165) is 12.1 Å². The van der Waals surface area contributed by atoms with Gasteiger partial charge in [-0.2, -0.15) is 0 Å². The third-order valence-electron chi connectivity index (χ3n) is 3.27. The molecule has 1 unspecified atom stereocenters. The zero-order valence-electron chi connectivity index (χ0n) is 11.3. The van der Waals surface area contributed by atoms with E-state index in [2.05, 4.69) is 25.8 Å². The molecule has 0 aliphatic carbocycles. The second kappa shape index (κ2) is 6.92. The monoisotopic (exact) mass is 337 g/mol. The molecule has 0 fully saturated rings. The van der Waals surface area contributed by atoms with Gasteiger partial charge >= 0.3 is 0 Å². The van der Waals surface area contributed by atoms with Crippen LogP contribution >= 0.6 is 15.9 Å². The van der Waals surface area contributed by atoms with E-state index in [0.29, 0.717) is 11.0 Å². The first kappa shape index (κ1) is 15.1. The van der Waals surface area contributed by atoms with E-state index in [1.165, 1.54) is 11.6 Å². The summed E-state index contributed by atoms with van der Waals surface area (Å²) in [5, 5.41) is 0. The van der Waals surface area contributed by atoms with Gasteiger partial charge in [0.15, 0.2) is 0 Å². The quantitative estimate of drug-likeness (QED) is 0.911.